The Morgan fingerprint density at radius 3 is 0.895 bits per heavy atom. The van der Waals surface area contributed by atoms with Gasteiger partial charge < -0.3 is 48.0 Å². The maximum Gasteiger partial charge on any atom is 0.0478 e. The molecule has 0 atom stereocenters. The molecule has 0 heterocycles. The highest BCUT2D eigenvalue weighted by Crippen LogP contribution is 2.52. The molecule has 0 N–H and O–H groups in total. The molecule has 0 aromatic carbocycles. The predicted molar refractivity (Wildman–Crippen MR) is 52.1 cm³/mol. The molecule has 0 amide bonds. The highest BCUT2D eigenvalue weighted by molar-refractivity contribution is 7.56. The average molecular weight is 329 g/mol. The van der Waals surface area contributed by atoms with Gasteiger partial charge in [0.15, 0.2) is 0 Å². The molecule has 110 valence electrons. The maximum atomic E-state index is 10.7. The second kappa shape index (κ2) is 5.46. The highest BCUT2D eigenvalue weighted by atomic mass is 31.2. The summed E-state index contributed by atoms with van der Waals surface area (Å²) < 4.78 is 32.1. The zero-order chi connectivity index (χ0) is 15.8. The van der Waals surface area contributed by atoms with E-state index in [1.54, 1.807) is 0 Å². The van der Waals surface area contributed by atoms with Crippen LogP contribution in [0.25, 0.3) is 0 Å². The lowest BCUT2D eigenvalue weighted by molar-refractivity contribution is -0.312. The van der Waals surface area contributed by atoms with Gasteiger partial charge in [0, 0.05) is 16.3 Å². The SMILES string of the molecule is C=C(N(C(=C)P(=O)([O-])[O-])C(=C)P(=O)([O-])[O-])P(=O)([O-])[O-]. The van der Waals surface area contributed by atoms with Gasteiger partial charge in [-0.25, -0.2) is 0 Å². The quantitative estimate of drug-likeness (QED) is 0.440. The van der Waals surface area contributed by atoms with Gasteiger partial charge in [0.25, 0.3) is 0 Å². The Morgan fingerprint density at radius 2 is 0.789 bits per heavy atom. The van der Waals surface area contributed by atoms with E-state index in [4.69, 9.17) is 0 Å². The second-order valence-electron chi connectivity index (χ2n) is 3.08. The standard InChI is InChI=1S/C6H12NO9P3/c1-4(17(8,9)10)7(5(2)18(11,12)13)6(3)19(14,15)16/h1-3H2,(H2,8,9,10)(H2,11,12,13)(H2,14,15,16)/p-6. The number of hydrogen-bond acceptors (Lipinski definition) is 10. The van der Waals surface area contributed by atoms with Gasteiger partial charge in [0.2, 0.25) is 0 Å². The van der Waals surface area contributed by atoms with E-state index < -0.39 is 44.0 Å². The minimum absolute atomic E-state index is 0.498. The molecule has 10 nitrogen and oxygen atoms in total. The summed E-state index contributed by atoms with van der Waals surface area (Å²) in [6.07, 6.45) is 0. The molecule has 0 aliphatic rings. The fraction of sp³-hybridized carbons (Fsp3) is 0. The lowest BCUT2D eigenvalue weighted by atomic mass is 10.7. The van der Waals surface area contributed by atoms with Crippen molar-refractivity contribution in [1.29, 1.82) is 0 Å². The van der Waals surface area contributed by atoms with E-state index in [1.807, 2.05) is 0 Å². The fourth-order valence-electron chi connectivity index (χ4n) is 0.814. The second-order valence-corrected chi connectivity index (χ2v) is 7.61. The van der Waals surface area contributed by atoms with Crippen molar-refractivity contribution in [2.75, 3.05) is 0 Å². The van der Waals surface area contributed by atoms with E-state index in [1.165, 1.54) is 0 Å². The van der Waals surface area contributed by atoms with Crippen LogP contribution in [0.2, 0.25) is 0 Å². The Morgan fingerprint density at radius 1 is 0.632 bits per heavy atom. The molecule has 0 saturated carbocycles. The van der Waals surface area contributed by atoms with E-state index in [2.05, 4.69) is 19.7 Å². The Hall–Kier alpha value is -0.530. The van der Waals surface area contributed by atoms with E-state index in [0.717, 1.165) is 0 Å². The van der Waals surface area contributed by atoms with Gasteiger partial charge in [-0.05, 0) is 22.8 Å². The van der Waals surface area contributed by atoms with Crippen molar-refractivity contribution in [3.63, 3.8) is 0 Å². The summed E-state index contributed by atoms with van der Waals surface area (Å²) in [6, 6.07) is 0. The maximum absolute atomic E-state index is 10.7. The molecule has 13 heteroatoms. The van der Waals surface area contributed by atoms with Crippen LogP contribution >= 0.6 is 22.8 Å². The molecule has 0 radical (unpaired) electrons. The predicted octanol–water partition coefficient (Wildman–Crippen LogP) is -3.56. The molecule has 0 spiro atoms. The minimum atomic E-state index is -5.75. The van der Waals surface area contributed by atoms with Crippen LogP contribution in [0, 0.1) is 0 Å². The van der Waals surface area contributed by atoms with Crippen molar-refractivity contribution < 1.29 is 43.1 Å². The van der Waals surface area contributed by atoms with Crippen molar-refractivity contribution >= 4 is 22.8 Å². The van der Waals surface area contributed by atoms with Crippen molar-refractivity contribution in [1.82, 2.24) is 4.90 Å². The first-order valence-corrected chi connectivity index (χ1v) is 8.67. The summed E-state index contributed by atoms with van der Waals surface area (Å²) in [5.74, 6) is 0. The number of hydrogen-bond donors (Lipinski definition) is 0. The van der Waals surface area contributed by atoms with Crippen LogP contribution < -0.4 is 29.4 Å². The molecule has 0 bridgehead atoms. The molecule has 0 unspecified atom stereocenters. The first-order valence-electron chi connectivity index (χ1n) is 4.05. The Balaban J connectivity index is 5.95. The first kappa shape index (κ1) is 18.5. The Kier molecular flexibility index (Phi) is 5.30. The van der Waals surface area contributed by atoms with Gasteiger partial charge in [-0.15, -0.1) is 0 Å². The molecule has 0 aliphatic heterocycles. The third-order valence-corrected chi connectivity index (χ3v) is 4.22. The smallest absolute Gasteiger partial charge is 0.0478 e. The van der Waals surface area contributed by atoms with Crippen LogP contribution in [0.15, 0.2) is 36.1 Å². The van der Waals surface area contributed by atoms with Crippen molar-refractivity contribution in [2.24, 2.45) is 0 Å². The van der Waals surface area contributed by atoms with Crippen molar-refractivity contribution in [3.05, 3.63) is 36.1 Å². The summed E-state index contributed by atoms with van der Waals surface area (Å²) in [4.78, 5) is 63.7. The lowest BCUT2D eigenvalue weighted by Crippen LogP contribution is -2.34. The van der Waals surface area contributed by atoms with Gasteiger partial charge in [0.1, 0.15) is 0 Å². The van der Waals surface area contributed by atoms with Crippen LogP contribution in [0.3, 0.4) is 0 Å². The molecule has 19 heavy (non-hydrogen) atoms. The molecule has 0 saturated heterocycles. The molecular formula is C6H6NO9P3-6. The zero-order valence-electron chi connectivity index (χ0n) is 9.08. The fourth-order valence-corrected chi connectivity index (χ4v) is 2.51. The van der Waals surface area contributed by atoms with E-state index in [-0.39, 0.29) is 0 Å². The topological polar surface area (TPSA) is 193 Å². The molecular weight excluding hydrogens is 323 g/mol. The van der Waals surface area contributed by atoms with Crippen molar-refractivity contribution in [2.45, 2.75) is 0 Å². The normalized spacial score (nSPS) is 12.9. The molecule has 0 aromatic rings. The monoisotopic (exact) mass is 329 g/mol. The summed E-state index contributed by atoms with van der Waals surface area (Å²) in [5, 5.41) is 0. The number of rotatable bonds is 6. The zero-order valence-corrected chi connectivity index (χ0v) is 11.8. The summed E-state index contributed by atoms with van der Waals surface area (Å²) in [6.45, 7) is 7.84. The van der Waals surface area contributed by atoms with Gasteiger partial charge in [-0.3, -0.25) is 0 Å². The minimum Gasteiger partial charge on any atom is -0.806 e. The van der Waals surface area contributed by atoms with Crippen LogP contribution in [-0.4, -0.2) is 4.90 Å². The first-order chi connectivity index (χ1) is 8.10. The Bertz CT molecular complexity index is 482. The third kappa shape index (κ3) is 4.81. The van der Waals surface area contributed by atoms with E-state index in [9.17, 15) is 43.1 Å². The van der Waals surface area contributed by atoms with Crippen LogP contribution in [-0.2, 0) is 13.7 Å². The highest BCUT2D eigenvalue weighted by Gasteiger charge is 2.21. The summed E-state index contributed by atoms with van der Waals surface area (Å²) in [5.41, 5.74) is -4.95. The van der Waals surface area contributed by atoms with E-state index in [0.29, 0.717) is 0 Å². The average Bonchev–Trinajstić information content (AvgIpc) is 2.13. The van der Waals surface area contributed by atoms with Crippen LogP contribution in [0.4, 0.5) is 0 Å². The molecule has 0 rings (SSSR count). The van der Waals surface area contributed by atoms with Crippen molar-refractivity contribution in [3.8, 4) is 0 Å². The third-order valence-electron chi connectivity index (χ3n) is 1.72. The van der Waals surface area contributed by atoms with Gasteiger partial charge in [-0.1, -0.05) is 19.7 Å². The largest absolute Gasteiger partial charge is 0.806 e. The van der Waals surface area contributed by atoms with Gasteiger partial charge in [-0.2, -0.15) is 0 Å². The van der Waals surface area contributed by atoms with E-state index >= 15 is 0 Å². The van der Waals surface area contributed by atoms with Gasteiger partial charge >= 0.3 is 0 Å². The molecule has 0 aliphatic carbocycles. The molecule has 0 fully saturated rings. The summed E-state index contributed by atoms with van der Waals surface area (Å²) >= 11 is 0. The number of nitrogens with zero attached hydrogens (tertiary/aromatic N) is 1. The van der Waals surface area contributed by atoms with Gasteiger partial charge in [0.05, 0.1) is 0 Å². The molecule has 0 aromatic heterocycles. The van der Waals surface area contributed by atoms with Crippen LogP contribution in [0.1, 0.15) is 0 Å². The Labute approximate surface area is 107 Å². The van der Waals surface area contributed by atoms with Crippen LogP contribution in [0.5, 0.6) is 0 Å². The summed E-state index contributed by atoms with van der Waals surface area (Å²) in [7, 11) is -17.2. The lowest BCUT2D eigenvalue weighted by Gasteiger charge is -2.49.